The first-order chi connectivity index (χ1) is 9.55. The normalized spacial score (nSPS) is 11.0. The fourth-order valence-corrected chi connectivity index (χ4v) is 2.65. The molecule has 20 heavy (non-hydrogen) atoms. The van der Waals surface area contributed by atoms with E-state index < -0.39 is 10.0 Å². The SMILES string of the molecule is CCn1cnc(S(=O)(=O)Nc2ccc(CC#N)cc2)c1. The molecule has 0 saturated carbocycles. The van der Waals surface area contributed by atoms with Gasteiger partial charge < -0.3 is 4.57 Å². The summed E-state index contributed by atoms with van der Waals surface area (Å²) >= 11 is 0. The third-order valence-corrected chi connectivity index (χ3v) is 4.01. The van der Waals surface area contributed by atoms with Gasteiger partial charge in [-0.3, -0.25) is 4.72 Å². The number of anilines is 1. The molecule has 0 atom stereocenters. The third-order valence-electron chi connectivity index (χ3n) is 2.74. The average Bonchev–Trinajstić information content (AvgIpc) is 2.91. The van der Waals surface area contributed by atoms with Gasteiger partial charge in [0.25, 0.3) is 10.0 Å². The van der Waals surface area contributed by atoms with E-state index in [-0.39, 0.29) is 5.03 Å². The zero-order chi connectivity index (χ0) is 14.6. The van der Waals surface area contributed by atoms with Crippen LogP contribution in [0.1, 0.15) is 12.5 Å². The summed E-state index contributed by atoms with van der Waals surface area (Å²) < 4.78 is 28.3. The minimum atomic E-state index is -3.67. The summed E-state index contributed by atoms with van der Waals surface area (Å²) in [6.07, 6.45) is 3.25. The van der Waals surface area contributed by atoms with Gasteiger partial charge in [0.1, 0.15) is 0 Å². The molecule has 0 aliphatic carbocycles. The van der Waals surface area contributed by atoms with Crippen molar-refractivity contribution in [1.29, 1.82) is 5.26 Å². The molecule has 2 aromatic rings. The van der Waals surface area contributed by atoms with E-state index in [0.717, 1.165) is 5.56 Å². The van der Waals surface area contributed by atoms with Crippen LogP contribution in [0, 0.1) is 11.3 Å². The van der Waals surface area contributed by atoms with Crippen molar-refractivity contribution < 1.29 is 8.42 Å². The second-order valence-corrected chi connectivity index (χ2v) is 5.81. The third kappa shape index (κ3) is 3.16. The quantitative estimate of drug-likeness (QED) is 0.909. The summed E-state index contributed by atoms with van der Waals surface area (Å²) in [6, 6.07) is 8.72. The van der Waals surface area contributed by atoms with Gasteiger partial charge in [-0.1, -0.05) is 12.1 Å². The van der Waals surface area contributed by atoms with Gasteiger partial charge in [-0.15, -0.1) is 0 Å². The Morgan fingerprint density at radius 2 is 2.05 bits per heavy atom. The Morgan fingerprint density at radius 1 is 1.35 bits per heavy atom. The summed E-state index contributed by atoms with van der Waals surface area (Å²) in [5.74, 6) is 0. The number of benzene rings is 1. The lowest BCUT2D eigenvalue weighted by Gasteiger charge is -2.06. The van der Waals surface area contributed by atoms with Gasteiger partial charge in [-0.25, -0.2) is 4.98 Å². The van der Waals surface area contributed by atoms with E-state index in [2.05, 4.69) is 9.71 Å². The van der Waals surface area contributed by atoms with E-state index in [0.29, 0.717) is 18.7 Å². The lowest BCUT2D eigenvalue weighted by Crippen LogP contribution is -2.13. The Hall–Kier alpha value is -2.33. The zero-order valence-electron chi connectivity index (χ0n) is 10.9. The number of rotatable bonds is 5. The van der Waals surface area contributed by atoms with Crippen LogP contribution in [0.5, 0.6) is 0 Å². The Kier molecular flexibility index (Phi) is 4.05. The minimum Gasteiger partial charge on any atom is -0.336 e. The second kappa shape index (κ2) is 5.75. The van der Waals surface area contributed by atoms with Gasteiger partial charge in [0.05, 0.1) is 18.8 Å². The summed E-state index contributed by atoms with van der Waals surface area (Å²) in [6.45, 7) is 2.56. The first-order valence-electron chi connectivity index (χ1n) is 6.05. The van der Waals surface area contributed by atoms with Crippen LogP contribution in [0.3, 0.4) is 0 Å². The molecule has 0 aliphatic heterocycles. The largest absolute Gasteiger partial charge is 0.336 e. The molecule has 0 unspecified atom stereocenters. The molecule has 1 N–H and O–H groups in total. The maximum atomic E-state index is 12.1. The van der Waals surface area contributed by atoms with E-state index >= 15 is 0 Å². The molecule has 0 fully saturated rings. The maximum absolute atomic E-state index is 12.1. The molecule has 0 aliphatic rings. The fourth-order valence-electron chi connectivity index (χ4n) is 1.64. The molecule has 7 heteroatoms. The van der Waals surface area contributed by atoms with Gasteiger partial charge in [0, 0.05) is 18.4 Å². The number of aryl methyl sites for hydroxylation is 1. The van der Waals surface area contributed by atoms with E-state index in [1.807, 2.05) is 13.0 Å². The molecule has 2 rings (SSSR count). The summed E-state index contributed by atoms with van der Waals surface area (Å²) in [5, 5.41) is 8.56. The van der Waals surface area contributed by atoms with Crippen LogP contribution in [0.4, 0.5) is 5.69 Å². The van der Waals surface area contributed by atoms with Crippen molar-refractivity contribution in [2.24, 2.45) is 0 Å². The number of nitriles is 1. The van der Waals surface area contributed by atoms with Crippen LogP contribution in [0.25, 0.3) is 0 Å². The zero-order valence-corrected chi connectivity index (χ0v) is 11.8. The van der Waals surface area contributed by atoms with Gasteiger partial charge in [0.2, 0.25) is 0 Å². The highest BCUT2D eigenvalue weighted by molar-refractivity contribution is 7.92. The van der Waals surface area contributed by atoms with E-state index in [9.17, 15) is 8.42 Å². The van der Waals surface area contributed by atoms with Crippen LogP contribution in [-0.2, 0) is 23.0 Å². The fraction of sp³-hybridized carbons (Fsp3) is 0.231. The highest BCUT2D eigenvalue weighted by Gasteiger charge is 2.17. The van der Waals surface area contributed by atoms with Gasteiger partial charge in [-0.2, -0.15) is 13.7 Å². The number of nitrogens with one attached hydrogen (secondary N) is 1. The number of sulfonamides is 1. The van der Waals surface area contributed by atoms with Crippen molar-refractivity contribution in [3.63, 3.8) is 0 Å². The molecule has 0 radical (unpaired) electrons. The smallest absolute Gasteiger partial charge is 0.280 e. The van der Waals surface area contributed by atoms with Crippen LogP contribution in [0.2, 0.25) is 0 Å². The number of hydrogen-bond acceptors (Lipinski definition) is 4. The highest BCUT2D eigenvalue weighted by Crippen LogP contribution is 2.15. The average molecular weight is 290 g/mol. The number of hydrogen-bond donors (Lipinski definition) is 1. The van der Waals surface area contributed by atoms with E-state index in [1.165, 1.54) is 12.5 Å². The molecule has 0 spiro atoms. The minimum absolute atomic E-state index is 0.0135. The number of imidazole rings is 1. The molecule has 1 aromatic heterocycles. The molecular formula is C13H14N4O2S. The summed E-state index contributed by atoms with van der Waals surface area (Å²) in [7, 11) is -3.67. The molecule has 1 aromatic carbocycles. The molecule has 104 valence electrons. The number of aromatic nitrogens is 2. The Bertz CT molecular complexity index is 726. The van der Waals surface area contributed by atoms with Crippen molar-refractivity contribution in [3.05, 3.63) is 42.4 Å². The van der Waals surface area contributed by atoms with Crippen LogP contribution < -0.4 is 4.72 Å². The first-order valence-corrected chi connectivity index (χ1v) is 7.54. The van der Waals surface area contributed by atoms with E-state index in [1.54, 1.807) is 28.8 Å². The van der Waals surface area contributed by atoms with Crippen LogP contribution >= 0.6 is 0 Å². The maximum Gasteiger partial charge on any atom is 0.280 e. The van der Waals surface area contributed by atoms with Crippen LogP contribution in [0.15, 0.2) is 41.8 Å². The monoisotopic (exact) mass is 290 g/mol. The van der Waals surface area contributed by atoms with E-state index in [4.69, 9.17) is 5.26 Å². The van der Waals surface area contributed by atoms with Gasteiger partial charge in [0.15, 0.2) is 5.03 Å². The van der Waals surface area contributed by atoms with Crippen molar-refractivity contribution >= 4 is 15.7 Å². The number of nitrogens with zero attached hydrogens (tertiary/aromatic N) is 3. The molecule has 0 saturated heterocycles. The lowest BCUT2D eigenvalue weighted by atomic mass is 10.1. The van der Waals surface area contributed by atoms with Crippen molar-refractivity contribution in [2.75, 3.05) is 4.72 Å². The second-order valence-electron chi connectivity index (χ2n) is 4.18. The lowest BCUT2D eigenvalue weighted by molar-refractivity contribution is 0.598. The van der Waals surface area contributed by atoms with Crippen molar-refractivity contribution in [3.8, 4) is 6.07 Å². The Morgan fingerprint density at radius 3 is 2.60 bits per heavy atom. The summed E-state index contributed by atoms with van der Waals surface area (Å²) in [5.41, 5.74) is 1.28. The predicted molar refractivity (Wildman–Crippen MR) is 74.5 cm³/mol. The topological polar surface area (TPSA) is 87.8 Å². The molecule has 6 nitrogen and oxygen atoms in total. The molecule has 1 heterocycles. The standard InChI is InChI=1S/C13H14N4O2S/c1-2-17-9-13(15-10-17)20(18,19)16-12-5-3-11(4-6-12)7-8-14/h3-6,9-10,16H,2,7H2,1H3. The highest BCUT2D eigenvalue weighted by atomic mass is 32.2. The summed E-state index contributed by atoms with van der Waals surface area (Å²) in [4.78, 5) is 3.87. The van der Waals surface area contributed by atoms with Gasteiger partial charge >= 0.3 is 0 Å². The van der Waals surface area contributed by atoms with Gasteiger partial charge in [-0.05, 0) is 24.6 Å². The van der Waals surface area contributed by atoms with Crippen molar-refractivity contribution in [1.82, 2.24) is 9.55 Å². The predicted octanol–water partition coefficient (Wildman–Crippen LogP) is 1.77. The Balaban J connectivity index is 2.17. The van der Waals surface area contributed by atoms with Crippen LogP contribution in [-0.4, -0.2) is 18.0 Å². The molecule has 0 amide bonds. The Labute approximate surface area is 117 Å². The van der Waals surface area contributed by atoms with Crippen molar-refractivity contribution in [2.45, 2.75) is 24.9 Å². The first kappa shape index (κ1) is 14.1. The molecular weight excluding hydrogens is 276 g/mol. The molecule has 0 bridgehead atoms.